The van der Waals surface area contributed by atoms with Crippen LogP contribution in [0, 0.1) is 12.8 Å². The number of anilines is 1. The van der Waals surface area contributed by atoms with Crippen LogP contribution in [0.5, 0.6) is 0 Å². The fourth-order valence-corrected chi connectivity index (χ4v) is 4.78. The molecule has 0 saturated carbocycles. The summed E-state index contributed by atoms with van der Waals surface area (Å²) >= 11 is 0. The third-order valence-corrected chi connectivity index (χ3v) is 6.49. The van der Waals surface area contributed by atoms with E-state index < -0.39 is 0 Å². The van der Waals surface area contributed by atoms with Crippen LogP contribution in [-0.4, -0.2) is 34.5 Å². The number of H-pyrrole nitrogens is 1. The Hall–Kier alpha value is -2.93. The monoisotopic (exact) mass is 420 g/mol. The predicted octanol–water partition coefficient (Wildman–Crippen LogP) is 2.98. The number of aromatic nitrogens is 2. The zero-order chi connectivity index (χ0) is 21.5. The maximum absolute atomic E-state index is 13.0. The zero-order valence-electron chi connectivity index (χ0n) is 18.1. The molecule has 0 spiro atoms. The first kappa shape index (κ1) is 20.0. The van der Waals surface area contributed by atoms with Gasteiger partial charge in [-0.15, -0.1) is 0 Å². The van der Waals surface area contributed by atoms with Gasteiger partial charge in [0.1, 0.15) is 5.58 Å². The van der Waals surface area contributed by atoms with E-state index >= 15 is 0 Å². The third-order valence-electron chi connectivity index (χ3n) is 6.49. The van der Waals surface area contributed by atoms with Gasteiger partial charge in [0.2, 0.25) is 5.95 Å². The van der Waals surface area contributed by atoms with E-state index in [1.54, 1.807) is 6.26 Å². The number of nitrogens with zero attached hydrogens (tertiary/aromatic N) is 3. The zero-order valence-corrected chi connectivity index (χ0v) is 18.1. The molecule has 7 nitrogen and oxygen atoms in total. The van der Waals surface area contributed by atoms with Crippen molar-refractivity contribution in [3.63, 3.8) is 0 Å². The molecule has 31 heavy (non-hydrogen) atoms. The van der Waals surface area contributed by atoms with Crippen molar-refractivity contribution in [3.8, 4) is 0 Å². The highest BCUT2D eigenvalue weighted by molar-refractivity contribution is 5.77. The molecule has 0 bridgehead atoms. The standard InChI is InChI=1S/C24H28N4O3/c1-15-5-6-21-19(10-15)22(29)17(14-31-21)12-27-9-7-18-20(13-27)25-24(26-23(18)30)28-8-3-4-16(2)11-28/h5-6,10,14,16H,3-4,7-9,11-13H2,1-2H3,(H,25,26,30)/t16-/m1/s1. The quantitative estimate of drug-likeness (QED) is 0.702. The number of fused-ring (bicyclic) bond motifs is 2. The number of benzene rings is 1. The molecule has 1 N–H and O–H groups in total. The molecule has 1 atom stereocenters. The first-order valence-corrected chi connectivity index (χ1v) is 11.1. The van der Waals surface area contributed by atoms with Gasteiger partial charge in [0.05, 0.1) is 17.3 Å². The van der Waals surface area contributed by atoms with Crippen molar-refractivity contribution in [3.05, 3.63) is 67.4 Å². The lowest BCUT2D eigenvalue weighted by atomic mass is 10.0. The van der Waals surface area contributed by atoms with E-state index in [2.05, 4.69) is 21.7 Å². The van der Waals surface area contributed by atoms with Gasteiger partial charge in [0.15, 0.2) is 5.43 Å². The Labute approximate surface area is 180 Å². The van der Waals surface area contributed by atoms with Crippen LogP contribution in [0.2, 0.25) is 0 Å². The summed E-state index contributed by atoms with van der Waals surface area (Å²) in [6.45, 7) is 7.80. The molecular formula is C24H28N4O3. The molecule has 162 valence electrons. The van der Waals surface area contributed by atoms with E-state index in [4.69, 9.17) is 9.40 Å². The van der Waals surface area contributed by atoms with E-state index in [0.717, 1.165) is 36.3 Å². The Balaban J connectivity index is 1.40. The SMILES string of the molecule is Cc1ccc2occ(CN3CCc4c(nc(N5CCC[C@@H](C)C5)[nH]c4=O)C3)c(=O)c2c1. The van der Waals surface area contributed by atoms with E-state index in [9.17, 15) is 9.59 Å². The topological polar surface area (TPSA) is 82.4 Å². The van der Waals surface area contributed by atoms with Crippen molar-refractivity contribution in [2.75, 3.05) is 24.5 Å². The first-order valence-electron chi connectivity index (χ1n) is 11.1. The highest BCUT2D eigenvalue weighted by Gasteiger charge is 2.25. The molecule has 1 fully saturated rings. The molecule has 3 aromatic rings. The number of aryl methyl sites for hydroxylation is 1. The minimum Gasteiger partial charge on any atom is -0.464 e. The second-order valence-electron chi connectivity index (χ2n) is 9.06. The molecule has 7 heteroatoms. The molecule has 2 aliphatic rings. The van der Waals surface area contributed by atoms with Crippen LogP contribution in [0.1, 0.15) is 42.1 Å². The summed E-state index contributed by atoms with van der Waals surface area (Å²) in [6.07, 6.45) is 4.53. The lowest BCUT2D eigenvalue weighted by Crippen LogP contribution is -2.40. The van der Waals surface area contributed by atoms with Crippen LogP contribution < -0.4 is 15.9 Å². The van der Waals surface area contributed by atoms with Crippen molar-refractivity contribution in [2.24, 2.45) is 5.92 Å². The molecule has 5 rings (SSSR count). The average molecular weight is 421 g/mol. The van der Waals surface area contributed by atoms with E-state index in [1.807, 2.05) is 25.1 Å². The number of rotatable bonds is 3. The first-order chi connectivity index (χ1) is 15.0. The lowest BCUT2D eigenvalue weighted by Gasteiger charge is -2.33. The van der Waals surface area contributed by atoms with Crippen molar-refractivity contribution >= 4 is 16.9 Å². The summed E-state index contributed by atoms with van der Waals surface area (Å²) in [5.74, 6) is 1.28. The molecule has 1 aromatic carbocycles. The van der Waals surface area contributed by atoms with Crippen LogP contribution in [0.15, 0.2) is 38.5 Å². The van der Waals surface area contributed by atoms with Crippen LogP contribution in [0.4, 0.5) is 5.95 Å². The summed E-state index contributed by atoms with van der Waals surface area (Å²) in [4.78, 5) is 37.9. The molecule has 1 saturated heterocycles. The second-order valence-corrected chi connectivity index (χ2v) is 9.06. The van der Waals surface area contributed by atoms with Gasteiger partial charge in [0.25, 0.3) is 5.56 Å². The Morgan fingerprint density at radius 3 is 2.97 bits per heavy atom. The molecule has 0 amide bonds. The van der Waals surface area contributed by atoms with E-state index in [1.165, 1.54) is 6.42 Å². The van der Waals surface area contributed by atoms with Crippen LogP contribution >= 0.6 is 0 Å². The summed E-state index contributed by atoms with van der Waals surface area (Å²) in [5, 5.41) is 0.617. The minimum absolute atomic E-state index is 0.0117. The summed E-state index contributed by atoms with van der Waals surface area (Å²) in [7, 11) is 0. The van der Waals surface area contributed by atoms with Crippen molar-refractivity contribution in [2.45, 2.75) is 46.2 Å². The van der Waals surface area contributed by atoms with Gasteiger partial charge in [-0.05, 0) is 44.2 Å². The smallest absolute Gasteiger partial charge is 0.255 e. The van der Waals surface area contributed by atoms with Gasteiger partial charge >= 0.3 is 0 Å². The molecule has 0 unspecified atom stereocenters. The van der Waals surface area contributed by atoms with Crippen LogP contribution in [0.3, 0.4) is 0 Å². The Kier molecular flexibility index (Phi) is 5.14. The molecule has 0 aliphatic carbocycles. The highest BCUT2D eigenvalue weighted by Crippen LogP contribution is 2.22. The maximum atomic E-state index is 13.0. The molecule has 4 heterocycles. The van der Waals surface area contributed by atoms with Crippen molar-refractivity contribution in [1.82, 2.24) is 14.9 Å². The Morgan fingerprint density at radius 1 is 1.26 bits per heavy atom. The number of hydrogen-bond acceptors (Lipinski definition) is 6. The van der Waals surface area contributed by atoms with E-state index in [-0.39, 0.29) is 11.0 Å². The molecule has 0 radical (unpaired) electrons. The van der Waals surface area contributed by atoms with Gasteiger partial charge in [0, 0.05) is 43.9 Å². The fraction of sp³-hybridized carbons (Fsp3) is 0.458. The fourth-order valence-electron chi connectivity index (χ4n) is 4.78. The van der Waals surface area contributed by atoms with Gasteiger partial charge in [-0.1, -0.05) is 18.6 Å². The largest absolute Gasteiger partial charge is 0.464 e. The van der Waals surface area contributed by atoms with Crippen molar-refractivity contribution in [1.29, 1.82) is 0 Å². The maximum Gasteiger partial charge on any atom is 0.255 e. The van der Waals surface area contributed by atoms with Gasteiger partial charge < -0.3 is 9.32 Å². The van der Waals surface area contributed by atoms with Crippen LogP contribution in [-0.2, 0) is 19.5 Å². The van der Waals surface area contributed by atoms with Gasteiger partial charge in [-0.3, -0.25) is 19.5 Å². The molecule has 2 aliphatic heterocycles. The third kappa shape index (κ3) is 3.90. The second kappa shape index (κ2) is 7.96. The minimum atomic E-state index is -0.0291. The summed E-state index contributed by atoms with van der Waals surface area (Å²) in [5.41, 5.74) is 3.85. The lowest BCUT2D eigenvalue weighted by molar-refractivity contribution is 0.238. The molecule has 2 aromatic heterocycles. The summed E-state index contributed by atoms with van der Waals surface area (Å²) in [6, 6.07) is 5.66. The number of nitrogens with one attached hydrogen (secondary N) is 1. The number of piperidine rings is 1. The molecular weight excluding hydrogens is 392 g/mol. The summed E-state index contributed by atoms with van der Waals surface area (Å²) < 4.78 is 5.71. The van der Waals surface area contributed by atoms with Gasteiger partial charge in [-0.2, -0.15) is 0 Å². The van der Waals surface area contributed by atoms with Crippen LogP contribution in [0.25, 0.3) is 11.0 Å². The average Bonchev–Trinajstić information content (AvgIpc) is 2.76. The Morgan fingerprint density at radius 2 is 2.13 bits per heavy atom. The number of aromatic amines is 1. The van der Waals surface area contributed by atoms with Gasteiger partial charge in [-0.25, -0.2) is 4.98 Å². The highest BCUT2D eigenvalue weighted by atomic mass is 16.3. The van der Waals surface area contributed by atoms with E-state index in [0.29, 0.717) is 54.5 Å². The Bertz CT molecular complexity index is 1250. The normalized spacial score (nSPS) is 19.5. The number of hydrogen-bond donors (Lipinski definition) is 1. The van der Waals surface area contributed by atoms with Crippen molar-refractivity contribution < 1.29 is 4.42 Å². The predicted molar refractivity (Wildman–Crippen MR) is 121 cm³/mol.